The summed E-state index contributed by atoms with van der Waals surface area (Å²) >= 11 is 8.25. The maximum atomic E-state index is 12.7. The van der Waals surface area contributed by atoms with Crippen molar-refractivity contribution in [2.75, 3.05) is 0 Å². The minimum absolute atomic E-state index is 0.0108. The molecule has 66 valence electrons. The normalized spacial score (nSPS) is 13.0. The van der Waals surface area contributed by atoms with E-state index in [-0.39, 0.29) is 10.0 Å². The fourth-order valence-corrected chi connectivity index (χ4v) is 1.44. The van der Waals surface area contributed by atoms with E-state index in [4.69, 9.17) is 23.2 Å². The third-order valence-electron chi connectivity index (χ3n) is 1.15. The summed E-state index contributed by atoms with van der Waals surface area (Å²) < 4.78 is 33.4. The van der Waals surface area contributed by atoms with Crippen molar-refractivity contribution in [1.29, 1.82) is 0 Å². The van der Waals surface area contributed by atoms with Gasteiger partial charge in [0.05, 0.1) is 14.9 Å². The zero-order valence-corrected chi connectivity index (χ0v) is 7.84. The van der Waals surface area contributed by atoms with E-state index in [1.807, 2.05) is 0 Å². The summed E-state index contributed by atoms with van der Waals surface area (Å²) in [6.45, 7) is 0. The smallest absolute Gasteiger partial charge is 0.139 e. The van der Waals surface area contributed by atoms with Gasteiger partial charge >= 0.3 is 0 Å². The molecular formula is C6H2Cl2FO2S-. The molecule has 0 aliphatic carbocycles. The molecule has 6 heteroatoms. The lowest BCUT2D eigenvalue weighted by molar-refractivity contribution is 0.523. The van der Waals surface area contributed by atoms with Gasteiger partial charge in [0.2, 0.25) is 0 Å². The Hall–Kier alpha value is -0.160. The molecule has 0 aliphatic heterocycles. The van der Waals surface area contributed by atoms with Gasteiger partial charge < -0.3 is 4.55 Å². The van der Waals surface area contributed by atoms with Crippen molar-refractivity contribution in [3.05, 3.63) is 28.0 Å². The lowest BCUT2D eigenvalue weighted by Crippen LogP contribution is -1.93. The molecule has 0 fully saturated rings. The predicted molar refractivity (Wildman–Crippen MR) is 43.6 cm³/mol. The number of benzene rings is 1. The SMILES string of the molecule is O=S([O-])c1cc(Cl)c(Cl)cc1F. The van der Waals surface area contributed by atoms with E-state index >= 15 is 0 Å². The van der Waals surface area contributed by atoms with Crippen LogP contribution in [-0.4, -0.2) is 8.76 Å². The lowest BCUT2D eigenvalue weighted by atomic mass is 10.3. The molecule has 1 aromatic rings. The first-order chi connectivity index (χ1) is 5.52. The zero-order chi connectivity index (χ0) is 9.30. The Kier molecular flexibility index (Phi) is 3.06. The van der Waals surface area contributed by atoms with Gasteiger partial charge in [-0.05, 0) is 23.2 Å². The second-order valence-electron chi connectivity index (χ2n) is 1.93. The van der Waals surface area contributed by atoms with Crippen molar-refractivity contribution in [3.8, 4) is 0 Å². The summed E-state index contributed by atoms with van der Waals surface area (Å²) in [5.74, 6) is -0.905. The molecule has 1 aromatic carbocycles. The zero-order valence-electron chi connectivity index (χ0n) is 5.51. The highest BCUT2D eigenvalue weighted by Gasteiger charge is 2.06. The summed E-state index contributed by atoms with van der Waals surface area (Å²) in [6, 6.07) is 1.82. The molecule has 1 unspecified atom stereocenters. The molecule has 0 saturated carbocycles. The van der Waals surface area contributed by atoms with Crippen LogP contribution in [0.4, 0.5) is 4.39 Å². The van der Waals surface area contributed by atoms with Crippen LogP contribution in [-0.2, 0) is 11.1 Å². The minimum Gasteiger partial charge on any atom is -0.768 e. The van der Waals surface area contributed by atoms with Crippen LogP contribution in [0.15, 0.2) is 17.0 Å². The molecular weight excluding hydrogens is 226 g/mol. The summed E-state index contributed by atoms with van der Waals surface area (Å²) in [6.07, 6.45) is 0. The molecule has 1 atom stereocenters. The minimum atomic E-state index is -2.63. The molecule has 0 saturated heterocycles. The first kappa shape index (κ1) is 9.92. The number of rotatable bonds is 1. The average molecular weight is 228 g/mol. The molecule has 0 amide bonds. The van der Waals surface area contributed by atoms with Crippen molar-refractivity contribution in [2.24, 2.45) is 0 Å². The van der Waals surface area contributed by atoms with E-state index in [2.05, 4.69) is 0 Å². The Balaban J connectivity index is 3.33. The van der Waals surface area contributed by atoms with Crippen LogP contribution in [0.25, 0.3) is 0 Å². The third kappa shape index (κ3) is 1.95. The Bertz CT molecular complexity index is 343. The highest BCUT2D eigenvalue weighted by molar-refractivity contribution is 7.79. The van der Waals surface area contributed by atoms with Gasteiger partial charge in [-0.2, -0.15) is 0 Å². The molecule has 0 N–H and O–H groups in total. The molecule has 0 aliphatic rings. The molecule has 0 bridgehead atoms. The number of hydrogen-bond donors (Lipinski definition) is 0. The van der Waals surface area contributed by atoms with Crippen LogP contribution in [0.2, 0.25) is 10.0 Å². The van der Waals surface area contributed by atoms with E-state index in [1.165, 1.54) is 0 Å². The van der Waals surface area contributed by atoms with Gasteiger partial charge in [0.25, 0.3) is 0 Å². The predicted octanol–water partition coefficient (Wildman–Crippen LogP) is 2.37. The van der Waals surface area contributed by atoms with Crippen LogP contribution in [0.1, 0.15) is 0 Å². The standard InChI is InChI=1S/C6H3Cl2FO2S/c7-3-1-5(9)6(12(10)11)2-4(3)8/h1-2H,(H,10,11)/p-1. The summed E-state index contributed by atoms with van der Waals surface area (Å²) in [5, 5.41) is 0.000586. The van der Waals surface area contributed by atoms with Crippen LogP contribution in [0.5, 0.6) is 0 Å². The van der Waals surface area contributed by atoms with Gasteiger partial charge in [-0.15, -0.1) is 0 Å². The van der Waals surface area contributed by atoms with Gasteiger partial charge in [-0.1, -0.05) is 23.2 Å². The fraction of sp³-hybridized carbons (Fsp3) is 0. The highest BCUT2D eigenvalue weighted by Crippen LogP contribution is 2.26. The molecule has 12 heavy (non-hydrogen) atoms. The molecule has 0 radical (unpaired) electrons. The van der Waals surface area contributed by atoms with E-state index in [0.29, 0.717) is 0 Å². The van der Waals surface area contributed by atoms with Crippen LogP contribution < -0.4 is 0 Å². The van der Waals surface area contributed by atoms with Crippen LogP contribution >= 0.6 is 23.2 Å². The summed E-state index contributed by atoms with van der Waals surface area (Å²) in [7, 11) is 0. The maximum absolute atomic E-state index is 12.7. The number of hydrogen-bond acceptors (Lipinski definition) is 2. The van der Waals surface area contributed by atoms with Crippen molar-refractivity contribution < 1.29 is 13.2 Å². The fourth-order valence-electron chi connectivity index (χ4n) is 0.632. The van der Waals surface area contributed by atoms with Crippen LogP contribution in [0, 0.1) is 5.82 Å². The lowest BCUT2D eigenvalue weighted by Gasteiger charge is -2.07. The second kappa shape index (κ2) is 3.70. The molecule has 1 rings (SSSR count). The highest BCUT2D eigenvalue weighted by atomic mass is 35.5. The van der Waals surface area contributed by atoms with Crippen LogP contribution in [0.3, 0.4) is 0 Å². The average Bonchev–Trinajstić information content (AvgIpc) is 1.96. The first-order valence-corrected chi connectivity index (χ1v) is 4.59. The van der Waals surface area contributed by atoms with Crippen molar-refractivity contribution in [1.82, 2.24) is 0 Å². The second-order valence-corrected chi connectivity index (χ2v) is 3.66. The summed E-state index contributed by atoms with van der Waals surface area (Å²) in [4.78, 5) is -0.482. The van der Waals surface area contributed by atoms with Gasteiger partial charge in [0, 0.05) is 0 Å². The summed E-state index contributed by atoms with van der Waals surface area (Å²) in [5.41, 5.74) is 0. The van der Waals surface area contributed by atoms with E-state index in [9.17, 15) is 13.2 Å². The molecule has 0 heterocycles. The molecule has 0 spiro atoms. The quantitative estimate of drug-likeness (QED) is 0.546. The maximum Gasteiger partial charge on any atom is 0.139 e. The topological polar surface area (TPSA) is 40.1 Å². The monoisotopic (exact) mass is 227 g/mol. The van der Waals surface area contributed by atoms with E-state index < -0.39 is 21.8 Å². The van der Waals surface area contributed by atoms with E-state index in [1.54, 1.807) is 0 Å². The first-order valence-electron chi connectivity index (χ1n) is 2.76. The van der Waals surface area contributed by atoms with Gasteiger partial charge in [0.15, 0.2) is 0 Å². The number of halogens is 3. The van der Waals surface area contributed by atoms with Crippen molar-refractivity contribution in [3.63, 3.8) is 0 Å². The third-order valence-corrected chi connectivity index (χ3v) is 2.55. The van der Waals surface area contributed by atoms with Gasteiger partial charge in [-0.25, -0.2) is 4.39 Å². The Morgan fingerprint density at radius 2 is 1.83 bits per heavy atom. The Labute approximate surface area is 80.6 Å². The Morgan fingerprint density at radius 3 is 2.33 bits per heavy atom. The van der Waals surface area contributed by atoms with Gasteiger partial charge in [0.1, 0.15) is 5.82 Å². The largest absolute Gasteiger partial charge is 0.768 e. The van der Waals surface area contributed by atoms with Crippen molar-refractivity contribution in [2.45, 2.75) is 4.90 Å². The van der Waals surface area contributed by atoms with E-state index in [0.717, 1.165) is 12.1 Å². The Morgan fingerprint density at radius 1 is 1.33 bits per heavy atom. The molecule has 0 aromatic heterocycles. The molecule has 2 nitrogen and oxygen atoms in total. The van der Waals surface area contributed by atoms with Crippen molar-refractivity contribution >= 4 is 34.3 Å². The van der Waals surface area contributed by atoms with Gasteiger partial charge in [-0.3, -0.25) is 4.21 Å².